The van der Waals surface area contributed by atoms with Crippen LogP contribution < -0.4 is 0 Å². The molecular formula is C24H22N2O3S. The molecular weight excluding hydrogens is 396 g/mol. The molecule has 0 aliphatic heterocycles. The second-order valence-corrected chi connectivity index (χ2v) is 8.69. The number of benzene rings is 3. The Morgan fingerprint density at radius 2 is 1.23 bits per heavy atom. The van der Waals surface area contributed by atoms with Crippen molar-refractivity contribution >= 4 is 10.1 Å². The third kappa shape index (κ3) is 3.67. The fourth-order valence-corrected chi connectivity index (χ4v) is 4.48. The van der Waals surface area contributed by atoms with E-state index in [0.717, 1.165) is 23.8 Å². The van der Waals surface area contributed by atoms with Crippen LogP contribution in [0.15, 0.2) is 104 Å². The van der Waals surface area contributed by atoms with Crippen LogP contribution in [0.2, 0.25) is 0 Å². The zero-order chi connectivity index (χ0) is 21.0. The van der Waals surface area contributed by atoms with Gasteiger partial charge in [0.05, 0.1) is 19.1 Å². The van der Waals surface area contributed by atoms with Gasteiger partial charge in [0.2, 0.25) is 0 Å². The Labute approximate surface area is 176 Å². The second-order valence-electron chi connectivity index (χ2n) is 6.95. The molecule has 0 saturated heterocycles. The lowest BCUT2D eigenvalue weighted by Gasteiger charge is -2.37. The van der Waals surface area contributed by atoms with Crippen LogP contribution in [0.3, 0.4) is 0 Å². The molecule has 0 atom stereocenters. The molecule has 0 unspecified atom stereocenters. The lowest BCUT2D eigenvalue weighted by atomic mass is 9.77. The monoisotopic (exact) mass is 418 g/mol. The lowest BCUT2D eigenvalue weighted by Crippen LogP contribution is -2.36. The second kappa shape index (κ2) is 8.26. The molecule has 0 aliphatic carbocycles. The van der Waals surface area contributed by atoms with Crippen molar-refractivity contribution in [3.8, 4) is 0 Å². The number of hydrogen-bond acceptors (Lipinski definition) is 4. The van der Waals surface area contributed by atoms with Crippen molar-refractivity contribution in [3.05, 3.63) is 126 Å². The zero-order valence-corrected chi connectivity index (χ0v) is 17.4. The van der Waals surface area contributed by atoms with Gasteiger partial charge in [-0.15, -0.1) is 0 Å². The van der Waals surface area contributed by atoms with Gasteiger partial charge in [-0.3, -0.25) is 4.18 Å². The van der Waals surface area contributed by atoms with Gasteiger partial charge in [0.1, 0.15) is 11.3 Å². The van der Waals surface area contributed by atoms with E-state index in [1.54, 1.807) is 12.5 Å². The highest BCUT2D eigenvalue weighted by molar-refractivity contribution is 7.85. The van der Waals surface area contributed by atoms with Crippen molar-refractivity contribution in [3.63, 3.8) is 0 Å². The van der Waals surface area contributed by atoms with E-state index in [2.05, 4.69) is 45.6 Å². The first kappa shape index (κ1) is 20.1. The molecule has 0 saturated carbocycles. The summed E-state index contributed by atoms with van der Waals surface area (Å²) in [5, 5.41) is 0. The lowest BCUT2D eigenvalue weighted by molar-refractivity contribution is 0.396. The molecule has 0 fully saturated rings. The number of rotatable bonds is 7. The average Bonchev–Trinajstić information content (AvgIpc) is 3.24. The van der Waals surface area contributed by atoms with Gasteiger partial charge in [-0.05, 0) is 16.7 Å². The normalized spacial score (nSPS) is 12.0. The molecule has 30 heavy (non-hydrogen) atoms. The quantitative estimate of drug-likeness (QED) is 0.333. The van der Waals surface area contributed by atoms with Gasteiger partial charge in [-0.2, -0.15) is 8.42 Å². The summed E-state index contributed by atoms with van der Waals surface area (Å²) >= 11 is 0. The van der Waals surface area contributed by atoms with Crippen LogP contribution >= 0.6 is 0 Å². The van der Waals surface area contributed by atoms with Gasteiger partial charge in [-0.1, -0.05) is 91.0 Å². The standard InChI is InChI=1S/C24H22N2O3S/c1-29-30(27,28)18-23-17-26(19-25-23)24(20-11-5-2-6-12-20,21-13-7-3-8-14-21)22-15-9-4-10-16-22/h2-17,19H,18H2,1H3. The number of aromatic nitrogens is 2. The summed E-state index contributed by atoms with van der Waals surface area (Å²) in [5.74, 6) is -0.287. The van der Waals surface area contributed by atoms with Gasteiger partial charge >= 0.3 is 0 Å². The summed E-state index contributed by atoms with van der Waals surface area (Å²) in [6.07, 6.45) is 3.47. The maximum Gasteiger partial charge on any atom is 0.272 e. The molecule has 0 N–H and O–H groups in total. The molecule has 152 valence electrons. The Kier molecular flexibility index (Phi) is 5.53. The highest BCUT2D eigenvalue weighted by Crippen LogP contribution is 2.40. The average molecular weight is 419 g/mol. The largest absolute Gasteiger partial charge is 0.319 e. The van der Waals surface area contributed by atoms with E-state index in [1.807, 2.05) is 59.2 Å². The van der Waals surface area contributed by atoms with E-state index >= 15 is 0 Å². The van der Waals surface area contributed by atoms with Crippen LogP contribution in [0, 0.1) is 0 Å². The Morgan fingerprint density at radius 1 is 0.800 bits per heavy atom. The van der Waals surface area contributed by atoms with Crippen molar-refractivity contribution in [2.24, 2.45) is 0 Å². The first-order chi connectivity index (χ1) is 14.6. The highest BCUT2D eigenvalue weighted by Gasteiger charge is 2.38. The molecule has 0 spiro atoms. The summed E-state index contributed by atoms with van der Waals surface area (Å²) in [6, 6.07) is 30.4. The first-order valence-electron chi connectivity index (χ1n) is 9.54. The topological polar surface area (TPSA) is 61.2 Å². The zero-order valence-electron chi connectivity index (χ0n) is 16.5. The van der Waals surface area contributed by atoms with E-state index in [-0.39, 0.29) is 5.75 Å². The molecule has 0 bridgehead atoms. The molecule has 4 rings (SSSR count). The summed E-state index contributed by atoms with van der Waals surface area (Å²) in [7, 11) is -2.51. The molecule has 0 aliphatic rings. The summed E-state index contributed by atoms with van der Waals surface area (Å²) in [5.41, 5.74) is 2.83. The summed E-state index contributed by atoms with van der Waals surface area (Å²) in [4.78, 5) is 4.40. The Bertz CT molecular complexity index is 1110. The fourth-order valence-electron chi connectivity index (χ4n) is 3.85. The molecule has 1 heterocycles. The third-order valence-corrected chi connectivity index (χ3v) is 6.33. The Morgan fingerprint density at radius 3 is 1.63 bits per heavy atom. The minimum atomic E-state index is -3.67. The molecule has 5 nitrogen and oxygen atoms in total. The van der Waals surface area contributed by atoms with E-state index in [0.29, 0.717) is 5.69 Å². The molecule has 3 aromatic carbocycles. The molecule has 0 amide bonds. The minimum absolute atomic E-state index is 0.287. The molecule has 4 aromatic rings. The highest BCUT2D eigenvalue weighted by atomic mass is 32.2. The smallest absolute Gasteiger partial charge is 0.272 e. The summed E-state index contributed by atoms with van der Waals surface area (Å²) < 4.78 is 30.5. The predicted octanol–water partition coefficient (Wildman–Crippen LogP) is 4.20. The maximum atomic E-state index is 12.0. The van der Waals surface area contributed by atoms with E-state index in [4.69, 9.17) is 0 Å². The van der Waals surface area contributed by atoms with Crippen LogP contribution in [-0.4, -0.2) is 25.1 Å². The van der Waals surface area contributed by atoms with Crippen LogP contribution in [-0.2, 0) is 25.6 Å². The first-order valence-corrected chi connectivity index (χ1v) is 11.1. The van der Waals surface area contributed by atoms with E-state index in [1.165, 1.54) is 0 Å². The summed E-state index contributed by atoms with van der Waals surface area (Å²) in [6.45, 7) is 0. The third-order valence-electron chi connectivity index (χ3n) is 5.18. The van der Waals surface area contributed by atoms with Gasteiger partial charge in [0.15, 0.2) is 0 Å². The van der Waals surface area contributed by atoms with Gasteiger partial charge in [-0.25, -0.2) is 4.98 Å². The van der Waals surface area contributed by atoms with Gasteiger partial charge in [0, 0.05) is 6.20 Å². The van der Waals surface area contributed by atoms with Crippen molar-refractivity contribution in [2.45, 2.75) is 11.3 Å². The molecule has 0 radical (unpaired) electrons. The minimum Gasteiger partial charge on any atom is -0.319 e. The molecule has 1 aromatic heterocycles. The van der Waals surface area contributed by atoms with Crippen molar-refractivity contribution in [2.75, 3.05) is 7.11 Å². The van der Waals surface area contributed by atoms with Gasteiger partial charge in [0.25, 0.3) is 10.1 Å². The fraction of sp³-hybridized carbons (Fsp3) is 0.125. The van der Waals surface area contributed by atoms with E-state index in [9.17, 15) is 8.42 Å². The Hall–Kier alpha value is -3.22. The van der Waals surface area contributed by atoms with Crippen molar-refractivity contribution in [1.29, 1.82) is 0 Å². The van der Waals surface area contributed by atoms with Crippen LogP contribution in [0.25, 0.3) is 0 Å². The Balaban J connectivity index is 2.00. The number of imidazole rings is 1. The van der Waals surface area contributed by atoms with Crippen LogP contribution in [0.1, 0.15) is 22.4 Å². The van der Waals surface area contributed by atoms with Crippen molar-refractivity contribution < 1.29 is 12.6 Å². The maximum absolute atomic E-state index is 12.0. The van der Waals surface area contributed by atoms with Gasteiger partial charge < -0.3 is 4.57 Å². The number of hydrogen-bond donors (Lipinski definition) is 0. The van der Waals surface area contributed by atoms with Crippen LogP contribution in [0.4, 0.5) is 0 Å². The molecule has 6 heteroatoms. The van der Waals surface area contributed by atoms with Crippen LogP contribution in [0.5, 0.6) is 0 Å². The number of nitrogens with zero attached hydrogens (tertiary/aromatic N) is 2. The van der Waals surface area contributed by atoms with Crippen molar-refractivity contribution in [1.82, 2.24) is 9.55 Å². The van der Waals surface area contributed by atoms with E-state index < -0.39 is 15.7 Å². The predicted molar refractivity (Wildman–Crippen MR) is 116 cm³/mol. The SMILES string of the molecule is COS(=O)(=O)Cc1cn(C(c2ccccc2)(c2ccccc2)c2ccccc2)cn1.